The molecule has 0 aromatic carbocycles. The molecular weight excluding hydrogens is 280 g/mol. The Morgan fingerprint density at radius 2 is 2.05 bits per heavy atom. The summed E-state index contributed by atoms with van der Waals surface area (Å²) in [4.78, 5) is 16.5. The van der Waals surface area contributed by atoms with E-state index in [2.05, 4.69) is 32.3 Å². The third kappa shape index (κ3) is 2.13. The summed E-state index contributed by atoms with van der Waals surface area (Å²) in [5, 5.41) is 12.3. The highest BCUT2D eigenvalue weighted by molar-refractivity contribution is 5.80. The number of likely N-dealkylation sites (N-methyl/N-ethyl adjacent to an activating group) is 1. The lowest BCUT2D eigenvalue weighted by molar-refractivity contribution is -0.136. The molecule has 0 saturated carbocycles. The molecule has 22 heavy (non-hydrogen) atoms. The number of hydrogen-bond donors (Lipinski definition) is 0. The van der Waals surface area contributed by atoms with E-state index in [1.807, 2.05) is 24.1 Å². The summed E-state index contributed by atoms with van der Waals surface area (Å²) in [7, 11) is 1.92. The lowest BCUT2D eigenvalue weighted by atomic mass is 10.0. The minimum absolute atomic E-state index is 0.144. The highest BCUT2D eigenvalue weighted by Gasteiger charge is 2.35. The van der Waals surface area contributed by atoms with E-state index in [-0.39, 0.29) is 17.9 Å². The first-order valence-electron chi connectivity index (χ1n) is 7.56. The SMILES string of the molecule is CN(C(=O)C1CC=CC1)C1CN(c2ccc3nncn3n2)C1. The van der Waals surface area contributed by atoms with Gasteiger partial charge < -0.3 is 9.80 Å². The van der Waals surface area contributed by atoms with Gasteiger partial charge >= 0.3 is 0 Å². The molecule has 0 spiro atoms. The Bertz CT molecular complexity index is 724. The molecule has 1 saturated heterocycles. The second-order valence-corrected chi connectivity index (χ2v) is 5.97. The van der Waals surface area contributed by atoms with Gasteiger partial charge in [0.25, 0.3) is 0 Å². The minimum atomic E-state index is 0.144. The van der Waals surface area contributed by atoms with Crippen LogP contribution in [0, 0.1) is 5.92 Å². The maximum Gasteiger partial charge on any atom is 0.226 e. The fourth-order valence-electron chi connectivity index (χ4n) is 3.06. The normalized spacial score (nSPS) is 18.9. The summed E-state index contributed by atoms with van der Waals surface area (Å²) in [6.45, 7) is 1.64. The Hall–Kier alpha value is -2.44. The van der Waals surface area contributed by atoms with Gasteiger partial charge in [-0.1, -0.05) is 12.2 Å². The molecule has 7 nitrogen and oxygen atoms in total. The van der Waals surface area contributed by atoms with Crippen LogP contribution in [0.5, 0.6) is 0 Å². The van der Waals surface area contributed by atoms with Crippen molar-refractivity contribution in [2.45, 2.75) is 18.9 Å². The van der Waals surface area contributed by atoms with Gasteiger partial charge in [0.1, 0.15) is 12.1 Å². The molecule has 4 rings (SSSR count). The fraction of sp³-hybridized carbons (Fsp3) is 0.467. The van der Waals surface area contributed by atoms with E-state index in [0.717, 1.165) is 37.4 Å². The standard InChI is InChI=1S/C15H18N6O/c1-19(15(22)11-4-2-3-5-11)12-8-20(9-12)14-7-6-13-17-16-10-21(13)18-14/h2-3,6-7,10-12H,4-5,8-9H2,1H3. The molecule has 2 aromatic heterocycles. The number of fused-ring (bicyclic) bond motifs is 1. The van der Waals surface area contributed by atoms with Crippen molar-refractivity contribution in [3.05, 3.63) is 30.6 Å². The lowest BCUT2D eigenvalue weighted by Gasteiger charge is -2.45. The second kappa shape index (κ2) is 5.08. The molecule has 114 valence electrons. The molecule has 3 heterocycles. The monoisotopic (exact) mass is 298 g/mol. The molecule has 0 bridgehead atoms. The number of amides is 1. The largest absolute Gasteiger partial charge is 0.351 e. The number of carbonyl (C=O) groups excluding carboxylic acids is 1. The van der Waals surface area contributed by atoms with Crippen molar-refractivity contribution in [1.29, 1.82) is 0 Å². The van der Waals surface area contributed by atoms with Crippen LogP contribution in [0.4, 0.5) is 5.82 Å². The number of nitrogens with zero attached hydrogens (tertiary/aromatic N) is 6. The van der Waals surface area contributed by atoms with E-state index >= 15 is 0 Å². The van der Waals surface area contributed by atoms with Crippen molar-refractivity contribution in [1.82, 2.24) is 24.7 Å². The van der Waals surface area contributed by atoms with Gasteiger partial charge in [-0.25, -0.2) is 0 Å². The van der Waals surface area contributed by atoms with Crippen LogP contribution in [0.3, 0.4) is 0 Å². The minimum Gasteiger partial charge on any atom is -0.351 e. The summed E-state index contributed by atoms with van der Waals surface area (Å²) < 4.78 is 1.67. The van der Waals surface area contributed by atoms with E-state index in [0.29, 0.717) is 0 Å². The van der Waals surface area contributed by atoms with Crippen molar-refractivity contribution in [2.24, 2.45) is 5.92 Å². The predicted molar refractivity (Wildman–Crippen MR) is 81.4 cm³/mol. The maximum atomic E-state index is 12.4. The quantitative estimate of drug-likeness (QED) is 0.782. The van der Waals surface area contributed by atoms with Crippen LogP contribution in [-0.2, 0) is 4.79 Å². The number of aromatic nitrogens is 4. The van der Waals surface area contributed by atoms with Crippen LogP contribution in [-0.4, -0.2) is 56.8 Å². The van der Waals surface area contributed by atoms with Crippen LogP contribution < -0.4 is 4.90 Å². The fourth-order valence-corrected chi connectivity index (χ4v) is 3.06. The Kier molecular flexibility index (Phi) is 3.06. The van der Waals surface area contributed by atoms with Gasteiger partial charge in [0.2, 0.25) is 5.91 Å². The van der Waals surface area contributed by atoms with Crippen LogP contribution in [0.15, 0.2) is 30.6 Å². The second-order valence-electron chi connectivity index (χ2n) is 5.97. The highest BCUT2D eigenvalue weighted by Crippen LogP contribution is 2.25. The summed E-state index contributed by atoms with van der Waals surface area (Å²) >= 11 is 0. The number of carbonyl (C=O) groups is 1. The van der Waals surface area contributed by atoms with E-state index in [1.54, 1.807) is 10.8 Å². The Labute approximate surface area is 128 Å². The van der Waals surface area contributed by atoms with Crippen molar-refractivity contribution in [2.75, 3.05) is 25.0 Å². The zero-order chi connectivity index (χ0) is 15.1. The van der Waals surface area contributed by atoms with Crippen LogP contribution in [0.2, 0.25) is 0 Å². The molecule has 7 heteroatoms. The molecule has 1 aliphatic carbocycles. The van der Waals surface area contributed by atoms with E-state index in [9.17, 15) is 4.79 Å². The van der Waals surface area contributed by atoms with Crippen molar-refractivity contribution < 1.29 is 4.79 Å². The Morgan fingerprint density at radius 1 is 1.27 bits per heavy atom. The van der Waals surface area contributed by atoms with E-state index in [1.165, 1.54) is 0 Å². The molecule has 1 aliphatic heterocycles. The van der Waals surface area contributed by atoms with Gasteiger partial charge in [-0.2, -0.15) is 4.52 Å². The van der Waals surface area contributed by atoms with Gasteiger partial charge in [-0.3, -0.25) is 4.79 Å². The first kappa shape index (κ1) is 13.2. The molecular formula is C15H18N6O. The highest BCUT2D eigenvalue weighted by atomic mass is 16.2. The molecule has 1 amide bonds. The third-order valence-corrected chi connectivity index (χ3v) is 4.59. The average Bonchev–Trinajstić information content (AvgIpc) is 3.15. The van der Waals surface area contributed by atoms with Crippen LogP contribution in [0.1, 0.15) is 12.8 Å². The van der Waals surface area contributed by atoms with Gasteiger partial charge in [-0.15, -0.1) is 15.3 Å². The molecule has 0 unspecified atom stereocenters. The van der Waals surface area contributed by atoms with E-state index in [4.69, 9.17) is 0 Å². The molecule has 0 atom stereocenters. The topological polar surface area (TPSA) is 66.6 Å². The van der Waals surface area contributed by atoms with Gasteiger partial charge in [0, 0.05) is 26.1 Å². The predicted octanol–water partition coefficient (Wildman–Crippen LogP) is 0.737. The number of rotatable bonds is 3. The number of allylic oxidation sites excluding steroid dienone is 2. The molecule has 0 radical (unpaired) electrons. The zero-order valence-electron chi connectivity index (χ0n) is 12.5. The first-order valence-corrected chi connectivity index (χ1v) is 7.56. The maximum absolute atomic E-state index is 12.4. The van der Waals surface area contributed by atoms with E-state index < -0.39 is 0 Å². The Balaban J connectivity index is 1.39. The number of hydrogen-bond acceptors (Lipinski definition) is 5. The summed E-state index contributed by atoms with van der Waals surface area (Å²) in [6.07, 6.45) is 7.55. The van der Waals surface area contributed by atoms with Crippen molar-refractivity contribution in [3.8, 4) is 0 Å². The van der Waals surface area contributed by atoms with Crippen LogP contribution in [0.25, 0.3) is 5.65 Å². The average molecular weight is 298 g/mol. The lowest BCUT2D eigenvalue weighted by Crippen LogP contribution is -2.60. The molecule has 1 fully saturated rings. The summed E-state index contributed by atoms with van der Waals surface area (Å²) in [6, 6.07) is 4.12. The first-order chi connectivity index (χ1) is 10.7. The Morgan fingerprint density at radius 3 is 2.82 bits per heavy atom. The molecule has 0 N–H and O–H groups in total. The number of anilines is 1. The zero-order valence-corrected chi connectivity index (χ0v) is 12.5. The molecule has 2 aromatic rings. The third-order valence-electron chi connectivity index (χ3n) is 4.59. The smallest absolute Gasteiger partial charge is 0.226 e. The van der Waals surface area contributed by atoms with Crippen molar-refractivity contribution >= 4 is 17.4 Å². The molecule has 2 aliphatic rings. The van der Waals surface area contributed by atoms with Crippen molar-refractivity contribution in [3.63, 3.8) is 0 Å². The van der Waals surface area contributed by atoms with Gasteiger partial charge in [-0.05, 0) is 25.0 Å². The van der Waals surface area contributed by atoms with Gasteiger partial charge in [0.15, 0.2) is 5.65 Å². The summed E-state index contributed by atoms with van der Waals surface area (Å²) in [5.74, 6) is 1.30. The van der Waals surface area contributed by atoms with Crippen LogP contribution >= 0.6 is 0 Å². The summed E-state index contributed by atoms with van der Waals surface area (Å²) in [5.41, 5.74) is 0.738. The van der Waals surface area contributed by atoms with Gasteiger partial charge in [0.05, 0.1) is 6.04 Å².